The molecule has 3 nitrogen and oxygen atoms in total. The first-order valence-corrected chi connectivity index (χ1v) is 5.65. The summed E-state index contributed by atoms with van der Waals surface area (Å²) in [7, 11) is 1.51. The Morgan fingerprint density at radius 2 is 2.00 bits per heavy atom. The third-order valence-electron chi connectivity index (χ3n) is 3.59. The van der Waals surface area contributed by atoms with Crippen molar-refractivity contribution in [3.8, 4) is 0 Å². The summed E-state index contributed by atoms with van der Waals surface area (Å²) in [5.74, 6) is 0.147. The van der Waals surface area contributed by atoms with Gasteiger partial charge in [-0.15, -0.1) is 0 Å². The maximum absolute atomic E-state index is 11.6. The standard InChI is InChI=1S/C11H19NO2/c1-14-11(13)9-5-2-3-7-12-8-4-6-10(9)12/h9-10H,2-8H2,1H3/t9-,10+/m0/s1. The van der Waals surface area contributed by atoms with Crippen LogP contribution in [0.15, 0.2) is 0 Å². The Hall–Kier alpha value is -0.570. The maximum Gasteiger partial charge on any atom is 0.310 e. The lowest BCUT2D eigenvalue weighted by molar-refractivity contribution is -0.147. The van der Waals surface area contributed by atoms with Gasteiger partial charge in [0.05, 0.1) is 13.0 Å². The van der Waals surface area contributed by atoms with Crippen molar-refractivity contribution >= 4 is 5.97 Å². The van der Waals surface area contributed by atoms with Gasteiger partial charge in [0.2, 0.25) is 0 Å². The normalized spacial score (nSPS) is 33.5. The Morgan fingerprint density at radius 3 is 2.79 bits per heavy atom. The van der Waals surface area contributed by atoms with E-state index in [-0.39, 0.29) is 11.9 Å². The Balaban J connectivity index is 2.08. The van der Waals surface area contributed by atoms with Crippen molar-refractivity contribution in [3.63, 3.8) is 0 Å². The van der Waals surface area contributed by atoms with Gasteiger partial charge in [-0.3, -0.25) is 9.69 Å². The molecule has 0 aromatic rings. The lowest BCUT2D eigenvalue weighted by atomic mass is 9.94. The molecule has 2 aliphatic heterocycles. The summed E-state index contributed by atoms with van der Waals surface area (Å²) >= 11 is 0. The predicted molar refractivity (Wildman–Crippen MR) is 54.0 cm³/mol. The van der Waals surface area contributed by atoms with Gasteiger partial charge in [-0.1, -0.05) is 6.42 Å². The lowest BCUT2D eigenvalue weighted by Crippen LogP contribution is -2.38. The molecule has 14 heavy (non-hydrogen) atoms. The molecular weight excluding hydrogens is 178 g/mol. The summed E-state index contributed by atoms with van der Waals surface area (Å²) < 4.78 is 4.89. The quantitative estimate of drug-likeness (QED) is 0.595. The van der Waals surface area contributed by atoms with Gasteiger partial charge >= 0.3 is 5.97 Å². The molecule has 0 aromatic carbocycles. The number of carbonyl (C=O) groups excluding carboxylic acids is 1. The Bertz CT molecular complexity index is 217. The number of nitrogens with zero attached hydrogens (tertiary/aromatic N) is 1. The van der Waals surface area contributed by atoms with Crippen LogP contribution >= 0.6 is 0 Å². The lowest BCUT2D eigenvalue weighted by Gasteiger charge is -2.26. The van der Waals surface area contributed by atoms with Crippen molar-refractivity contribution in [2.75, 3.05) is 20.2 Å². The number of fused-ring (bicyclic) bond motifs is 1. The Kier molecular flexibility index (Phi) is 3.06. The summed E-state index contributed by atoms with van der Waals surface area (Å²) in [4.78, 5) is 14.1. The molecule has 0 radical (unpaired) electrons. The number of hydrogen-bond acceptors (Lipinski definition) is 3. The Labute approximate surface area is 85.4 Å². The van der Waals surface area contributed by atoms with Crippen LogP contribution < -0.4 is 0 Å². The molecule has 2 saturated heterocycles. The highest BCUT2D eigenvalue weighted by molar-refractivity contribution is 5.73. The summed E-state index contributed by atoms with van der Waals surface area (Å²) in [5.41, 5.74) is 0. The van der Waals surface area contributed by atoms with E-state index in [1.807, 2.05) is 0 Å². The van der Waals surface area contributed by atoms with E-state index in [1.165, 1.54) is 45.9 Å². The molecule has 0 aromatic heterocycles. The molecule has 80 valence electrons. The second-order valence-corrected chi connectivity index (χ2v) is 4.37. The van der Waals surface area contributed by atoms with Crippen LogP contribution in [-0.2, 0) is 9.53 Å². The topological polar surface area (TPSA) is 29.5 Å². The van der Waals surface area contributed by atoms with E-state index < -0.39 is 0 Å². The Morgan fingerprint density at radius 1 is 1.21 bits per heavy atom. The predicted octanol–water partition coefficient (Wildman–Crippen LogP) is 1.42. The van der Waals surface area contributed by atoms with Crippen LogP contribution in [0.3, 0.4) is 0 Å². The van der Waals surface area contributed by atoms with Crippen LogP contribution in [0.4, 0.5) is 0 Å². The molecule has 3 heteroatoms. The number of ether oxygens (including phenoxy) is 1. The van der Waals surface area contributed by atoms with Crippen molar-refractivity contribution in [1.29, 1.82) is 0 Å². The number of esters is 1. The van der Waals surface area contributed by atoms with E-state index in [0.29, 0.717) is 6.04 Å². The van der Waals surface area contributed by atoms with Crippen molar-refractivity contribution in [3.05, 3.63) is 0 Å². The van der Waals surface area contributed by atoms with Crippen molar-refractivity contribution in [2.24, 2.45) is 5.92 Å². The van der Waals surface area contributed by atoms with Crippen LogP contribution in [0.1, 0.15) is 32.1 Å². The second-order valence-electron chi connectivity index (χ2n) is 4.37. The second kappa shape index (κ2) is 4.30. The van der Waals surface area contributed by atoms with Gasteiger partial charge < -0.3 is 4.74 Å². The molecule has 0 saturated carbocycles. The van der Waals surface area contributed by atoms with Crippen LogP contribution in [0.25, 0.3) is 0 Å². The molecule has 2 atom stereocenters. The van der Waals surface area contributed by atoms with Crippen molar-refractivity contribution in [2.45, 2.75) is 38.1 Å². The summed E-state index contributed by atoms with van der Waals surface area (Å²) in [6, 6.07) is 0.477. The average Bonchev–Trinajstić information content (AvgIpc) is 2.57. The van der Waals surface area contributed by atoms with E-state index in [4.69, 9.17) is 4.74 Å². The molecule has 0 spiro atoms. The average molecular weight is 197 g/mol. The fraction of sp³-hybridized carbons (Fsp3) is 0.909. The molecule has 2 aliphatic rings. The fourth-order valence-corrected chi connectivity index (χ4v) is 2.88. The highest BCUT2D eigenvalue weighted by atomic mass is 16.5. The first-order valence-electron chi connectivity index (χ1n) is 5.65. The fourth-order valence-electron chi connectivity index (χ4n) is 2.88. The zero-order chi connectivity index (χ0) is 9.97. The molecule has 0 N–H and O–H groups in total. The van der Waals surface area contributed by atoms with E-state index >= 15 is 0 Å². The van der Waals surface area contributed by atoms with Gasteiger partial charge in [-0.05, 0) is 38.8 Å². The molecular formula is C11H19NO2. The van der Waals surface area contributed by atoms with Crippen LogP contribution in [0.5, 0.6) is 0 Å². The first kappa shape index (κ1) is 9.97. The molecule has 0 bridgehead atoms. The number of carbonyl (C=O) groups is 1. The van der Waals surface area contributed by atoms with Gasteiger partial charge in [0.15, 0.2) is 0 Å². The number of rotatable bonds is 1. The zero-order valence-electron chi connectivity index (χ0n) is 8.87. The van der Waals surface area contributed by atoms with Gasteiger partial charge in [-0.25, -0.2) is 0 Å². The monoisotopic (exact) mass is 197 g/mol. The summed E-state index contributed by atoms with van der Waals surface area (Å²) in [6.07, 6.45) is 5.86. The van der Waals surface area contributed by atoms with Gasteiger partial charge in [0, 0.05) is 6.04 Å². The third-order valence-corrected chi connectivity index (χ3v) is 3.59. The number of methoxy groups -OCH3 is 1. The highest BCUT2D eigenvalue weighted by Gasteiger charge is 2.37. The molecule has 0 aliphatic carbocycles. The minimum Gasteiger partial charge on any atom is -0.469 e. The van der Waals surface area contributed by atoms with E-state index in [2.05, 4.69) is 4.90 Å². The minimum absolute atomic E-state index is 0.00352. The molecule has 2 fully saturated rings. The van der Waals surface area contributed by atoms with E-state index in [0.717, 1.165) is 6.42 Å². The van der Waals surface area contributed by atoms with Gasteiger partial charge in [0.1, 0.15) is 0 Å². The summed E-state index contributed by atoms with van der Waals surface area (Å²) in [5, 5.41) is 0. The SMILES string of the molecule is COC(=O)[C@H]1CCCCN2CCC[C@H]12. The van der Waals surface area contributed by atoms with E-state index in [1.54, 1.807) is 0 Å². The van der Waals surface area contributed by atoms with Crippen LogP contribution in [0.2, 0.25) is 0 Å². The minimum atomic E-state index is 0.00352. The molecule has 0 unspecified atom stereocenters. The summed E-state index contributed by atoms with van der Waals surface area (Å²) in [6.45, 7) is 2.36. The maximum atomic E-state index is 11.6. The smallest absolute Gasteiger partial charge is 0.310 e. The number of hydrogen-bond donors (Lipinski definition) is 0. The highest BCUT2D eigenvalue weighted by Crippen LogP contribution is 2.31. The largest absolute Gasteiger partial charge is 0.469 e. The van der Waals surface area contributed by atoms with Gasteiger partial charge in [-0.2, -0.15) is 0 Å². The molecule has 2 rings (SSSR count). The third kappa shape index (κ3) is 1.78. The first-order chi connectivity index (χ1) is 6.83. The van der Waals surface area contributed by atoms with Crippen molar-refractivity contribution < 1.29 is 9.53 Å². The molecule has 0 amide bonds. The van der Waals surface area contributed by atoms with Crippen LogP contribution in [-0.4, -0.2) is 37.1 Å². The van der Waals surface area contributed by atoms with Gasteiger partial charge in [0.25, 0.3) is 0 Å². The molecule has 2 heterocycles. The zero-order valence-corrected chi connectivity index (χ0v) is 8.87. The van der Waals surface area contributed by atoms with E-state index in [9.17, 15) is 4.79 Å². The van der Waals surface area contributed by atoms with Crippen molar-refractivity contribution in [1.82, 2.24) is 4.90 Å². The van der Waals surface area contributed by atoms with Crippen LogP contribution in [0, 0.1) is 5.92 Å².